The summed E-state index contributed by atoms with van der Waals surface area (Å²) in [5.74, 6) is 2.91. The van der Waals surface area contributed by atoms with Gasteiger partial charge in [-0.3, -0.25) is 4.79 Å². The molecule has 0 N–H and O–H groups in total. The summed E-state index contributed by atoms with van der Waals surface area (Å²) < 4.78 is 16.6. The molecule has 5 nitrogen and oxygen atoms in total. The van der Waals surface area contributed by atoms with Crippen molar-refractivity contribution in [1.82, 2.24) is 4.90 Å². The van der Waals surface area contributed by atoms with E-state index in [4.69, 9.17) is 14.2 Å². The fourth-order valence-electron chi connectivity index (χ4n) is 5.00. The fourth-order valence-corrected chi connectivity index (χ4v) is 5.00. The zero-order valence-corrected chi connectivity index (χ0v) is 16.1. The van der Waals surface area contributed by atoms with Gasteiger partial charge in [-0.05, 0) is 67.5 Å². The van der Waals surface area contributed by atoms with Crippen LogP contribution in [0.25, 0.3) is 0 Å². The molecule has 0 radical (unpaired) electrons. The lowest BCUT2D eigenvalue weighted by atomic mass is 9.84. The highest BCUT2D eigenvalue weighted by molar-refractivity contribution is 5.95. The van der Waals surface area contributed by atoms with Gasteiger partial charge in [0, 0.05) is 17.6 Å². The Bertz CT molecular complexity index is 882. The quantitative estimate of drug-likeness (QED) is 0.808. The standard InChI is InChI=1S/C23H25NO4/c1-26-20-4-2-3-15(13-20)17-11-18-6-7-19(12-17)24(18)23(25)16-5-8-21-22(14-16)28-10-9-27-21/h2-5,8,13-14,17-19H,6-7,9-12H2,1H3/t17?,18-,19+. The van der Waals surface area contributed by atoms with E-state index in [1.165, 1.54) is 5.56 Å². The van der Waals surface area contributed by atoms with Crippen molar-refractivity contribution in [2.75, 3.05) is 20.3 Å². The van der Waals surface area contributed by atoms with Crippen LogP contribution in [0, 0.1) is 0 Å². The molecule has 3 atom stereocenters. The number of carbonyl (C=O) groups is 1. The molecule has 0 aliphatic carbocycles. The van der Waals surface area contributed by atoms with Crippen LogP contribution < -0.4 is 14.2 Å². The summed E-state index contributed by atoms with van der Waals surface area (Å²) in [6.45, 7) is 1.09. The zero-order valence-electron chi connectivity index (χ0n) is 16.1. The highest BCUT2D eigenvalue weighted by atomic mass is 16.6. The van der Waals surface area contributed by atoms with Crippen molar-refractivity contribution in [3.63, 3.8) is 0 Å². The molecular weight excluding hydrogens is 354 g/mol. The van der Waals surface area contributed by atoms with E-state index in [0.29, 0.717) is 42.5 Å². The Morgan fingerprint density at radius 2 is 1.75 bits per heavy atom. The summed E-state index contributed by atoms with van der Waals surface area (Å²) in [5.41, 5.74) is 2.02. The van der Waals surface area contributed by atoms with E-state index in [9.17, 15) is 4.79 Å². The highest BCUT2D eigenvalue weighted by Crippen LogP contribution is 2.44. The Balaban J connectivity index is 1.36. The number of hydrogen-bond acceptors (Lipinski definition) is 4. The first-order valence-corrected chi connectivity index (χ1v) is 10.1. The van der Waals surface area contributed by atoms with Crippen LogP contribution in [0.5, 0.6) is 17.2 Å². The Labute approximate surface area is 165 Å². The van der Waals surface area contributed by atoms with Crippen LogP contribution in [-0.2, 0) is 0 Å². The molecule has 5 rings (SSSR count). The van der Waals surface area contributed by atoms with Crippen LogP contribution >= 0.6 is 0 Å². The van der Waals surface area contributed by atoms with E-state index in [2.05, 4.69) is 23.1 Å². The van der Waals surface area contributed by atoms with Crippen molar-refractivity contribution in [3.8, 4) is 17.2 Å². The number of nitrogens with zero attached hydrogens (tertiary/aromatic N) is 1. The van der Waals surface area contributed by atoms with Crippen LogP contribution in [0.3, 0.4) is 0 Å². The first-order chi connectivity index (χ1) is 13.7. The second kappa shape index (κ2) is 7.04. The largest absolute Gasteiger partial charge is 0.497 e. The Kier molecular flexibility index (Phi) is 4.38. The number of piperidine rings is 1. The fraction of sp³-hybridized carbons (Fsp3) is 0.435. The maximum Gasteiger partial charge on any atom is 0.254 e. The molecule has 3 aliphatic rings. The molecule has 1 amide bonds. The normalized spacial score (nSPS) is 25.5. The molecule has 2 saturated heterocycles. The predicted molar refractivity (Wildman–Crippen MR) is 105 cm³/mol. The van der Waals surface area contributed by atoms with Crippen LogP contribution in [0.2, 0.25) is 0 Å². The van der Waals surface area contributed by atoms with E-state index in [1.807, 2.05) is 24.3 Å². The van der Waals surface area contributed by atoms with Gasteiger partial charge >= 0.3 is 0 Å². The van der Waals surface area contributed by atoms with Gasteiger partial charge in [-0.1, -0.05) is 12.1 Å². The lowest BCUT2D eigenvalue weighted by molar-refractivity contribution is 0.0570. The smallest absolute Gasteiger partial charge is 0.254 e. The number of benzene rings is 2. The molecule has 5 heteroatoms. The molecular formula is C23H25NO4. The molecule has 2 fully saturated rings. The number of rotatable bonds is 3. The van der Waals surface area contributed by atoms with Gasteiger partial charge in [-0.25, -0.2) is 0 Å². The third kappa shape index (κ3) is 2.99. The van der Waals surface area contributed by atoms with Gasteiger partial charge in [0.2, 0.25) is 0 Å². The van der Waals surface area contributed by atoms with Crippen molar-refractivity contribution in [1.29, 1.82) is 0 Å². The second-order valence-corrected chi connectivity index (χ2v) is 7.90. The molecule has 28 heavy (non-hydrogen) atoms. The summed E-state index contributed by atoms with van der Waals surface area (Å²) in [5, 5.41) is 0. The van der Waals surface area contributed by atoms with Crippen LogP contribution in [-0.4, -0.2) is 43.2 Å². The molecule has 3 heterocycles. The first-order valence-electron chi connectivity index (χ1n) is 10.1. The van der Waals surface area contributed by atoms with E-state index < -0.39 is 0 Å². The van der Waals surface area contributed by atoms with Crippen LogP contribution in [0.15, 0.2) is 42.5 Å². The Morgan fingerprint density at radius 1 is 1.00 bits per heavy atom. The van der Waals surface area contributed by atoms with Crippen molar-refractivity contribution in [2.45, 2.75) is 43.7 Å². The summed E-state index contributed by atoms with van der Waals surface area (Å²) in [4.78, 5) is 15.4. The number of carbonyl (C=O) groups excluding carboxylic acids is 1. The van der Waals surface area contributed by atoms with Gasteiger partial charge in [0.25, 0.3) is 5.91 Å². The number of ether oxygens (including phenoxy) is 3. The third-order valence-corrected chi connectivity index (χ3v) is 6.32. The molecule has 1 unspecified atom stereocenters. The minimum atomic E-state index is 0.119. The van der Waals surface area contributed by atoms with Crippen molar-refractivity contribution in [3.05, 3.63) is 53.6 Å². The van der Waals surface area contributed by atoms with Gasteiger partial charge in [0.05, 0.1) is 7.11 Å². The molecule has 0 spiro atoms. The van der Waals surface area contributed by atoms with Crippen molar-refractivity contribution in [2.24, 2.45) is 0 Å². The Morgan fingerprint density at radius 3 is 2.50 bits per heavy atom. The monoisotopic (exact) mass is 379 g/mol. The van der Waals surface area contributed by atoms with Gasteiger partial charge in [0.15, 0.2) is 11.5 Å². The summed E-state index contributed by atoms with van der Waals surface area (Å²) in [6, 6.07) is 14.5. The molecule has 2 aromatic carbocycles. The maximum atomic E-state index is 13.3. The third-order valence-electron chi connectivity index (χ3n) is 6.32. The maximum absolute atomic E-state index is 13.3. The van der Waals surface area contributed by atoms with E-state index in [0.717, 1.165) is 37.2 Å². The lowest BCUT2D eigenvalue weighted by Gasteiger charge is -2.39. The number of hydrogen-bond donors (Lipinski definition) is 0. The molecule has 0 saturated carbocycles. The zero-order chi connectivity index (χ0) is 19.1. The average molecular weight is 379 g/mol. The summed E-state index contributed by atoms with van der Waals surface area (Å²) in [6.07, 6.45) is 4.20. The number of methoxy groups -OCH3 is 1. The SMILES string of the molecule is COc1cccc(C2C[C@H]3CC[C@@H](C2)N3C(=O)c2ccc3c(c2)OCCO3)c1. The molecule has 3 aliphatic heterocycles. The molecule has 146 valence electrons. The van der Waals surface area contributed by atoms with E-state index in [1.54, 1.807) is 7.11 Å². The van der Waals surface area contributed by atoms with Crippen LogP contribution in [0.4, 0.5) is 0 Å². The summed E-state index contributed by atoms with van der Waals surface area (Å²) >= 11 is 0. The molecule has 0 aromatic heterocycles. The van der Waals surface area contributed by atoms with Crippen molar-refractivity contribution >= 4 is 5.91 Å². The van der Waals surface area contributed by atoms with Gasteiger partial charge < -0.3 is 19.1 Å². The minimum Gasteiger partial charge on any atom is -0.497 e. The minimum absolute atomic E-state index is 0.119. The first kappa shape index (κ1) is 17.4. The van der Waals surface area contributed by atoms with Gasteiger partial charge in [0.1, 0.15) is 19.0 Å². The van der Waals surface area contributed by atoms with E-state index >= 15 is 0 Å². The van der Waals surface area contributed by atoms with Crippen LogP contribution in [0.1, 0.15) is 47.5 Å². The predicted octanol–water partition coefficient (Wildman–Crippen LogP) is 4.02. The van der Waals surface area contributed by atoms with E-state index in [-0.39, 0.29) is 5.91 Å². The second-order valence-electron chi connectivity index (χ2n) is 7.90. The highest BCUT2D eigenvalue weighted by Gasteiger charge is 2.43. The summed E-state index contributed by atoms with van der Waals surface area (Å²) in [7, 11) is 1.71. The number of amides is 1. The Hall–Kier alpha value is -2.69. The van der Waals surface area contributed by atoms with Gasteiger partial charge in [-0.2, -0.15) is 0 Å². The number of fused-ring (bicyclic) bond motifs is 3. The topological polar surface area (TPSA) is 48.0 Å². The van der Waals surface area contributed by atoms with Gasteiger partial charge in [-0.15, -0.1) is 0 Å². The van der Waals surface area contributed by atoms with Crippen molar-refractivity contribution < 1.29 is 19.0 Å². The molecule has 2 bridgehead atoms. The molecule has 2 aromatic rings. The average Bonchev–Trinajstić information content (AvgIpc) is 3.01. The lowest BCUT2D eigenvalue weighted by Crippen LogP contribution is -2.46.